The first kappa shape index (κ1) is 22.3. The smallest absolute Gasteiger partial charge is 0.309 e. The monoisotopic (exact) mass is 388 g/mol. The van der Waals surface area contributed by atoms with Gasteiger partial charge in [-0.15, -0.1) is 0 Å². The molecule has 0 saturated heterocycles. The zero-order chi connectivity index (χ0) is 20.9. The van der Waals surface area contributed by atoms with E-state index in [2.05, 4.69) is 0 Å². The highest BCUT2D eigenvalue weighted by Gasteiger charge is 2.48. The maximum absolute atomic E-state index is 12.7. The second-order valence-corrected chi connectivity index (χ2v) is 8.23. The average Bonchev–Trinajstić information content (AvgIpc) is 2.98. The van der Waals surface area contributed by atoms with Gasteiger partial charge in [-0.05, 0) is 30.9 Å². The summed E-state index contributed by atoms with van der Waals surface area (Å²) in [5.41, 5.74) is 1.44. The summed E-state index contributed by atoms with van der Waals surface area (Å²) in [5.74, 6) is -2.10. The molecule has 154 valence electrons. The van der Waals surface area contributed by atoms with E-state index in [1.54, 1.807) is 0 Å². The van der Waals surface area contributed by atoms with Crippen molar-refractivity contribution in [2.75, 3.05) is 13.7 Å². The van der Waals surface area contributed by atoms with Crippen LogP contribution >= 0.6 is 0 Å². The van der Waals surface area contributed by atoms with E-state index in [4.69, 9.17) is 4.74 Å². The van der Waals surface area contributed by atoms with Crippen molar-refractivity contribution >= 4 is 11.8 Å². The summed E-state index contributed by atoms with van der Waals surface area (Å²) in [6.07, 6.45) is 4.29. The molecule has 2 N–H and O–H groups in total. The van der Waals surface area contributed by atoms with Gasteiger partial charge in [-0.3, -0.25) is 9.59 Å². The molecule has 1 fully saturated rings. The van der Waals surface area contributed by atoms with Crippen LogP contribution in [0.2, 0.25) is 0 Å². The van der Waals surface area contributed by atoms with Crippen molar-refractivity contribution in [1.29, 1.82) is 0 Å². The Kier molecular flexibility index (Phi) is 7.55. The van der Waals surface area contributed by atoms with Crippen molar-refractivity contribution < 1.29 is 24.5 Å². The van der Waals surface area contributed by atoms with E-state index in [1.807, 2.05) is 57.2 Å². The molecular weight excluding hydrogens is 356 g/mol. The van der Waals surface area contributed by atoms with Gasteiger partial charge < -0.3 is 14.9 Å². The third kappa shape index (κ3) is 4.70. The van der Waals surface area contributed by atoms with Crippen molar-refractivity contribution in [2.45, 2.75) is 57.5 Å². The molecule has 5 heteroatoms. The fraction of sp³-hybridized carbons (Fsp3) is 0.565. The molecule has 1 aliphatic carbocycles. The first-order chi connectivity index (χ1) is 13.3. The minimum absolute atomic E-state index is 0.0227. The highest BCUT2D eigenvalue weighted by atomic mass is 16.5. The molecule has 1 unspecified atom stereocenters. The van der Waals surface area contributed by atoms with Gasteiger partial charge in [-0.25, -0.2) is 0 Å². The molecule has 1 saturated carbocycles. The van der Waals surface area contributed by atoms with E-state index >= 15 is 0 Å². The van der Waals surface area contributed by atoms with E-state index in [0.717, 1.165) is 11.1 Å². The summed E-state index contributed by atoms with van der Waals surface area (Å²) in [7, 11) is 1.33. The quantitative estimate of drug-likeness (QED) is 0.528. The first-order valence-corrected chi connectivity index (χ1v) is 9.87. The Morgan fingerprint density at radius 1 is 1.32 bits per heavy atom. The maximum atomic E-state index is 12.7. The molecule has 0 radical (unpaired) electrons. The number of benzene rings is 1. The van der Waals surface area contributed by atoms with Crippen molar-refractivity contribution in [3.8, 4) is 0 Å². The van der Waals surface area contributed by atoms with Gasteiger partial charge >= 0.3 is 5.97 Å². The minimum Gasteiger partial charge on any atom is -0.469 e. The van der Waals surface area contributed by atoms with E-state index in [-0.39, 0.29) is 24.2 Å². The molecule has 1 aromatic carbocycles. The number of aliphatic hydroxyl groups excluding tert-OH is 2. The normalized spacial score (nSPS) is 23.9. The SMILES string of the molecule is CC=CCCC(C(=O)OC)[C@@H]1C(=O)C[C@@H](O)[C@@H]1c1ccc(C(C)(C)CO)cc1. The van der Waals surface area contributed by atoms with Crippen molar-refractivity contribution in [3.05, 3.63) is 47.5 Å². The standard InChI is InChI=1S/C23H32O5/c1-5-6-7-8-17(22(27)28-4)21-19(26)13-18(25)20(21)15-9-11-16(12-10-15)23(2,3)14-24/h5-6,9-12,17-18,20-21,24-25H,7-8,13-14H2,1-4H3/t17?,18-,20+,21-/m1/s1. The van der Waals surface area contributed by atoms with Crippen LogP contribution in [0, 0.1) is 11.8 Å². The third-order valence-electron chi connectivity index (χ3n) is 5.87. The van der Waals surface area contributed by atoms with Gasteiger partial charge in [0, 0.05) is 23.7 Å². The molecule has 28 heavy (non-hydrogen) atoms. The molecule has 0 aliphatic heterocycles. The number of ketones is 1. The fourth-order valence-corrected chi connectivity index (χ4v) is 4.10. The number of Topliss-reactive ketones (excluding diaryl/α,β-unsaturated/α-hetero) is 1. The first-order valence-electron chi connectivity index (χ1n) is 9.87. The summed E-state index contributed by atoms with van der Waals surface area (Å²) in [6, 6.07) is 7.63. The Morgan fingerprint density at radius 2 is 1.96 bits per heavy atom. The zero-order valence-electron chi connectivity index (χ0n) is 17.2. The Hall–Kier alpha value is -1.98. The number of aliphatic hydroxyl groups is 2. The number of hydrogen-bond donors (Lipinski definition) is 2. The zero-order valence-corrected chi connectivity index (χ0v) is 17.2. The Bertz CT molecular complexity index is 704. The number of rotatable bonds is 8. The lowest BCUT2D eigenvalue weighted by atomic mass is 9.76. The van der Waals surface area contributed by atoms with Gasteiger partial charge in [-0.1, -0.05) is 50.3 Å². The Labute approximate surface area is 167 Å². The molecular formula is C23H32O5. The van der Waals surface area contributed by atoms with E-state index in [0.29, 0.717) is 12.8 Å². The van der Waals surface area contributed by atoms with Gasteiger partial charge in [-0.2, -0.15) is 0 Å². The molecule has 0 heterocycles. The van der Waals surface area contributed by atoms with Crippen LogP contribution in [0.3, 0.4) is 0 Å². The van der Waals surface area contributed by atoms with Crippen molar-refractivity contribution in [2.24, 2.45) is 11.8 Å². The third-order valence-corrected chi connectivity index (χ3v) is 5.87. The molecule has 0 bridgehead atoms. The van der Waals surface area contributed by atoms with Gasteiger partial charge in [0.25, 0.3) is 0 Å². The Balaban J connectivity index is 2.36. The van der Waals surface area contributed by atoms with Crippen LogP contribution in [0.25, 0.3) is 0 Å². The van der Waals surface area contributed by atoms with E-state index in [9.17, 15) is 19.8 Å². The van der Waals surface area contributed by atoms with Crippen LogP contribution in [-0.4, -0.2) is 41.8 Å². The number of methoxy groups -OCH3 is 1. The predicted molar refractivity (Wildman–Crippen MR) is 108 cm³/mol. The van der Waals surface area contributed by atoms with E-state index in [1.165, 1.54) is 7.11 Å². The van der Waals surface area contributed by atoms with Crippen LogP contribution in [0.4, 0.5) is 0 Å². The number of esters is 1. The second-order valence-electron chi connectivity index (χ2n) is 8.23. The van der Waals surface area contributed by atoms with E-state index < -0.39 is 29.8 Å². The molecule has 4 atom stereocenters. The van der Waals surface area contributed by atoms with Gasteiger partial charge in [0.15, 0.2) is 0 Å². The lowest BCUT2D eigenvalue weighted by molar-refractivity contribution is -0.150. The highest BCUT2D eigenvalue weighted by Crippen LogP contribution is 2.44. The lowest BCUT2D eigenvalue weighted by Crippen LogP contribution is -2.32. The largest absolute Gasteiger partial charge is 0.469 e. The molecule has 5 nitrogen and oxygen atoms in total. The average molecular weight is 389 g/mol. The highest BCUT2D eigenvalue weighted by molar-refractivity contribution is 5.90. The summed E-state index contributed by atoms with van der Waals surface area (Å²) in [5, 5.41) is 20.2. The fourth-order valence-electron chi connectivity index (χ4n) is 4.10. The molecule has 0 amide bonds. The second kappa shape index (κ2) is 9.48. The number of carbonyl (C=O) groups is 2. The topological polar surface area (TPSA) is 83.8 Å². The number of hydrogen-bond acceptors (Lipinski definition) is 5. The lowest BCUT2D eigenvalue weighted by Gasteiger charge is -2.28. The minimum atomic E-state index is -0.817. The van der Waals surface area contributed by atoms with Gasteiger partial charge in [0.05, 0.1) is 25.7 Å². The van der Waals surface area contributed by atoms with Crippen LogP contribution < -0.4 is 0 Å². The predicted octanol–water partition coefficient (Wildman–Crippen LogP) is 3.14. The van der Waals surface area contributed by atoms with Crippen LogP contribution in [-0.2, 0) is 19.7 Å². The summed E-state index contributed by atoms with van der Waals surface area (Å²) < 4.78 is 4.98. The number of allylic oxidation sites excluding steroid dienone is 2. The summed E-state index contributed by atoms with van der Waals surface area (Å²) in [6.45, 7) is 5.84. The van der Waals surface area contributed by atoms with Crippen LogP contribution in [0.15, 0.2) is 36.4 Å². The van der Waals surface area contributed by atoms with Crippen molar-refractivity contribution in [1.82, 2.24) is 0 Å². The van der Waals surface area contributed by atoms with Gasteiger partial charge in [0.1, 0.15) is 5.78 Å². The van der Waals surface area contributed by atoms with Crippen LogP contribution in [0.5, 0.6) is 0 Å². The Morgan fingerprint density at radius 3 is 2.50 bits per heavy atom. The number of ether oxygens (including phenoxy) is 1. The molecule has 2 rings (SSSR count). The van der Waals surface area contributed by atoms with Gasteiger partial charge in [0.2, 0.25) is 0 Å². The molecule has 1 aliphatic rings. The molecule has 0 aromatic heterocycles. The van der Waals surface area contributed by atoms with Crippen molar-refractivity contribution in [3.63, 3.8) is 0 Å². The summed E-state index contributed by atoms with van der Waals surface area (Å²) >= 11 is 0. The molecule has 1 aromatic rings. The maximum Gasteiger partial charge on any atom is 0.309 e. The molecule has 0 spiro atoms. The number of carbonyl (C=O) groups excluding carboxylic acids is 2. The van der Waals surface area contributed by atoms with Crippen LogP contribution in [0.1, 0.15) is 57.1 Å². The summed E-state index contributed by atoms with van der Waals surface area (Å²) in [4.78, 5) is 25.2.